The molecule has 0 bridgehead atoms. The van der Waals surface area contributed by atoms with Gasteiger partial charge in [0.1, 0.15) is 11.3 Å². The number of aromatic amines is 1. The van der Waals surface area contributed by atoms with Gasteiger partial charge < -0.3 is 9.64 Å². The quantitative estimate of drug-likeness (QED) is 0.298. The number of nitrogens with one attached hydrogen (secondary N) is 1. The predicted molar refractivity (Wildman–Crippen MR) is 157 cm³/mol. The van der Waals surface area contributed by atoms with Crippen LogP contribution in [0.3, 0.4) is 0 Å². The number of benzene rings is 1. The summed E-state index contributed by atoms with van der Waals surface area (Å²) in [6, 6.07) is 9.34. The van der Waals surface area contributed by atoms with Crippen LogP contribution in [0.1, 0.15) is 45.3 Å². The van der Waals surface area contributed by atoms with E-state index in [9.17, 15) is 4.79 Å². The number of carbonyl (C=O) groups excluding carboxylic acids is 1. The van der Waals surface area contributed by atoms with Crippen LogP contribution >= 0.6 is 0 Å². The summed E-state index contributed by atoms with van der Waals surface area (Å²) in [4.78, 5) is 23.5. The van der Waals surface area contributed by atoms with Gasteiger partial charge in [0.15, 0.2) is 5.82 Å². The molecular formula is C29H38N8O2Si. The SMILES string of the molecule is CC(C)(C)OC(=O)N1CCC(n2cc(-c3cnc(-c4cccc(-c5n[nH]nc5C[Si](C)(C)C)c4)nc3)cn2)CC1. The lowest BCUT2D eigenvalue weighted by atomic mass is 10.1. The number of nitrogens with zero attached hydrogens (tertiary/aromatic N) is 7. The van der Waals surface area contributed by atoms with Crippen LogP contribution in [0.15, 0.2) is 49.1 Å². The first-order valence-corrected chi connectivity index (χ1v) is 17.5. The second-order valence-electron chi connectivity index (χ2n) is 12.6. The number of carbonyl (C=O) groups is 1. The number of rotatable bonds is 6. The van der Waals surface area contributed by atoms with Gasteiger partial charge in [-0.3, -0.25) is 4.68 Å². The van der Waals surface area contributed by atoms with Crippen LogP contribution in [0, 0.1) is 0 Å². The Hall–Kier alpha value is -3.86. The van der Waals surface area contributed by atoms with E-state index in [0.29, 0.717) is 18.9 Å². The molecule has 0 radical (unpaired) electrons. The van der Waals surface area contributed by atoms with Gasteiger partial charge in [-0.15, -0.1) is 0 Å². The lowest BCUT2D eigenvalue weighted by Gasteiger charge is -2.33. The third kappa shape index (κ3) is 6.64. The van der Waals surface area contributed by atoms with Gasteiger partial charge in [0.25, 0.3) is 0 Å². The van der Waals surface area contributed by atoms with Crippen LogP contribution in [0.4, 0.5) is 4.79 Å². The molecule has 0 spiro atoms. The van der Waals surface area contributed by atoms with Crippen molar-refractivity contribution < 1.29 is 9.53 Å². The maximum atomic E-state index is 12.4. The van der Waals surface area contributed by atoms with E-state index in [0.717, 1.165) is 52.5 Å². The summed E-state index contributed by atoms with van der Waals surface area (Å²) in [5.41, 5.74) is 5.23. The molecule has 1 amide bonds. The van der Waals surface area contributed by atoms with Gasteiger partial charge in [0.2, 0.25) is 0 Å². The molecule has 4 aromatic rings. The van der Waals surface area contributed by atoms with Gasteiger partial charge >= 0.3 is 6.09 Å². The summed E-state index contributed by atoms with van der Waals surface area (Å²) >= 11 is 0. The lowest BCUT2D eigenvalue weighted by molar-refractivity contribution is 0.0185. The van der Waals surface area contributed by atoms with Crippen LogP contribution in [0.25, 0.3) is 33.8 Å². The Balaban J connectivity index is 1.25. The van der Waals surface area contributed by atoms with Gasteiger partial charge in [-0.25, -0.2) is 14.8 Å². The number of piperidine rings is 1. The first-order valence-electron chi connectivity index (χ1n) is 13.8. The zero-order valence-electron chi connectivity index (χ0n) is 24.2. The van der Waals surface area contributed by atoms with Crippen molar-refractivity contribution in [1.29, 1.82) is 0 Å². The smallest absolute Gasteiger partial charge is 0.410 e. The average molecular weight is 559 g/mol. The Morgan fingerprint density at radius 2 is 1.70 bits per heavy atom. The highest BCUT2D eigenvalue weighted by atomic mass is 28.3. The zero-order chi connectivity index (χ0) is 28.5. The lowest BCUT2D eigenvalue weighted by Crippen LogP contribution is -2.42. The fourth-order valence-electron chi connectivity index (χ4n) is 4.87. The minimum Gasteiger partial charge on any atom is -0.444 e. The summed E-state index contributed by atoms with van der Waals surface area (Å²) in [5, 5.41) is 16.3. The molecule has 40 heavy (non-hydrogen) atoms. The van der Waals surface area contributed by atoms with Gasteiger partial charge in [0.05, 0.1) is 26.0 Å². The largest absolute Gasteiger partial charge is 0.444 e. The van der Waals surface area contributed by atoms with Crippen molar-refractivity contribution in [3.8, 4) is 33.8 Å². The molecule has 1 aliphatic heterocycles. The molecule has 1 aromatic carbocycles. The van der Waals surface area contributed by atoms with Crippen LogP contribution in [-0.2, 0) is 10.8 Å². The van der Waals surface area contributed by atoms with Crippen LogP contribution in [0.5, 0.6) is 0 Å². The van der Waals surface area contributed by atoms with Crippen molar-refractivity contribution in [3.63, 3.8) is 0 Å². The Labute approximate surface area is 236 Å². The molecule has 1 aliphatic rings. The third-order valence-corrected chi connectivity index (χ3v) is 8.18. The van der Waals surface area contributed by atoms with Crippen molar-refractivity contribution in [2.75, 3.05) is 13.1 Å². The molecule has 11 heteroatoms. The highest BCUT2D eigenvalue weighted by molar-refractivity contribution is 6.75. The Kier molecular flexibility index (Phi) is 7.58. The Bertz CT molecular complexity index is 1460. The van der Waals surface area contributed by atoms with Gasteiger partial charge in [-0.1, -0.05) is 37.8 Å². The molecule has 0 atom stereocenters. The summed E-state index contributed by atoms with van der Waals surface area (Å²) < 4.78 is 7.51. The number of amides is 1. The average Bonchev–Trinajstić information content (AvgIpc) is 3.57. The first-order chi connectivity index (χ1) is 18.9. The fraction of sp³-hybridized carbons (Fsp3) is 0.448. The third-order valence-electron chi connectivity index (χ3n) is 6.79. The highest BCUT2D eigenvalue weighted by Crippen LogP contribution is 2.29. The molecule has 10 nitrogen and oxygen atoms in total. The molecule has 0 saturated carbocycles. The molecule has 1 saturated heterocycles. The van der Waals surface area contributed by atoms with E-state index < -0.39 is 13.7 Å². The Morgan fingerprint density at radius 3 is 2.38 bits per heavy atom. The highest BCUT2D eigenvalue weighted by Gasteiger charge is 2.28. The van der Waals surface area contributed by atoms with Crippen molar-refractivity contribution in [2.45, 2.75) is 70.9 Å². The molecule has 4 heterocycles. The predicted octanol–water partition coefficient (Wildman–Crippen LogP) is 5.78. The second kappa shape index (κ2) is 11.0. The summed E-state index contributed by atoms with van der Waals surface area (Å²) in [6.07, 6.45) is 8.99. The number of H-pyrrole nitrogens is 1. The van der Waals surface area contributed by atoms with E-state index in [1.54, 1.807) is 4.90 Å². The molecular weight excluding hydrogens is 520 g/mol. The molecule has 5 rings (SSSR count). The Morgan fingerprint density at radius 1 is 1.00 bits per heavy atom. The summed E-state index contributed by atoms with van der Waals surface area (Å²) in [6.45, 7) is 14.0. The molecule has 1 N–H and O–H groups in total. The topological polar surface area (TPSA) is 115 Å². The number of hydrogen-bond acceptors (Lipinski definition) is 7. The summed E-state index contributed by atoms with van der Waals surface area (Å²) in [5.74, 6) is 0.655. The van der Waals surface area contributed by atoms with Crippen LogP contribution < -0.4 is 0 Å². The molecule has 0 aliphatic carbocycles. The summed E-state index contributed by atoms with van der Waals surface area (Å²) in [7, 11) is -1.34. The molecule has 1 fully saturated rings. The minimum absolute atomic E-state index is 0.234. The van der Waals surface area contributed by atoms with Crippen molar-refractivity contribution in [1.82, 2.24) is 40.1 Å². The number of hydrogen-bond donors (Lipinski definition) is 1. The van der Waals surface area contributed by atoms with E-state index in [-0.39, 0.29) is 12.1 Å². The fourth-order valence-corrected chi connectivity index (χ4v) is 6.12. The van der Waals surface area contributed by atoms with Crippen molar-refractivity contribution in [2.24, 2.45) is 0 Å². The van der Waals surface area contributed by atoms with E-state index in [1.807, 2.05) is 62.4 Å². The zero-order valence-corrected chi connectivity index (χ0v) is 25.2. The normalized spacial score (nSPS) is 14.9. The standard InChI is InChI=1S/C29H38N8O2Si/c1-29(2,3)39-28(38)36-12-10-24(11-13-36)37-18-23(17-32-37)22-15-30-27(31-16-22)21-9-7-8-20(14-21)26-25(33-35-34-26)19-40(4,5)6/h7-9,14-18,24H,10-13,19H2,1-6H3,(H,33,34,35). The van der Waals surface area contributed by atoms with E-state index in [2.05, 4.69) is 62.3 Å². The van der Waals surface area contributed by atoms with Gasteiger partial charge in [0, 0.05) is 53.9 Å². The monoisotopic (exact) mass is 558 g/mol. The first kappa shape index (κ1) is 27.7. The number of ether oxygens (including phenoxy) is 1. The van der Waals surface area contributed by atoms with Gasteiger partial charge in [-0.05, 0) is 45.7 Å². The van der Waals surface area contributed by atoms with Crippen molar-refractivity contribution >= 4 is 14.2 Å². The van der Waals surface area contributed by atoms with Crippen LogP contribution in [0.2, 0.25) is 19.6 Å². The number of likely N-dealkylation sites (tertiary alicyclic amines) is 1. The molecule has 210 valence electrons. The van der Waals surface area contributed by atoms with Gasteiger partial charge in [-0.2, -0.15) is 20.5 Å². The maximum Gasteiger partial charge on any atom is 0.410 e. The molecule has 3 aromatic heterocycles. The molecule has 0 unspecified atom stereocenters. The minimum atomic E-state index is -1.34. The second-order valence-corrected chi connectivity index (χ2v) is 18.1. The van der Waals surface area contributed by atoms with E-state index in [1.165, 1.54) is 0 Å². The number of aromatic nitrogens is 7. The maximum absolute atomic E-state index is 12.4. The van der Waals surface area contributed by atoms with E-state index in [4.69, 9.17) is 4.74 Å². The van der Waals surface area contributed by atoms with Crippen molar-refractivity contribution in [3.05, 3.63) is 54.7 Å². The van der Waals surface area contributed by atoms with E-state index >= 15 is 0 Å². The van der Waals surface area contributed by atoms with Crippen LogP contribution in [-0.4, -0.2) is 72.9 Å².